The predicted molar refractivity (Wildman–Crippen MR) is 205 cm³/mol. The highest BCUT2D eigenvalue weighted by Crippen LogP contribution is 2.77. The number of hydrogen-bond donors (Lipinski definition) is 0. The third-order valence-electron chi connectivity index (χ3n) is 17.2. The van der Waals surface area contributed by atoms with Gasteiger partial charge in [-0.2, -0.15) is 0 Å². The first-order valence-corrected chi connectivity index (χ1v) is 21.6. The molecule has 5 aliphatic carbocycles. The number of unbranched alkanes of at least 4 members (excludes halogenated alkanes) is 12. The zero-order chi connectivity index (χ0) is 34.8. The van der Waals surface area contributed by atoms with E-state index in [1.54, 1.807) is 0 Å². The summed E-state index contributed by atoms with van der Waals surface area (Å²) in [5.74, 6) is 3.89. The molecule has 5 fully saturated rings. The van der Waals surface area contributed by atoms with E-state index in [1.165, 1.54) is 140 Å². The molecule has 0 bridgehead atoms. The van der Waals surface area contributed by atoms with Gasteiger partial charge in [-0.15, -0.1) is 0 Å². The molecule has 0 aromatic carbocycles. The van der Waals surface area contributed by atoms with Gasteiger partial charge in [0.1, 0.15) is 6.10 Å². The molecule has 0 aromatic heterocycles. The summed E-state index contributed by atoms with van der Waals surface area (Å²) in [5.41, 5.74) is 3.19. The molecular weight excluding hydrogens is 585 g/mol. The smallest absolute Gasteiger partial charge is 0.306 e. The number of ether oxygens (including phenoxy) is 1. The maximum absolute atomic E-state index is 13.2. The van der Waals surface area contributed by atoms with Gasteiger partial charge in [-0.3, -0.25) is 4.79 Å². The summed E-state index contributed by atoms with van der Waals surface area (Å²) in [4.78, 5) is 13.2. The zero-order valence-corrected chi connectivity index (χ0v) is 33.5. The Morgan fingerprint density at radius 2 is 1.25 bits per heavy atom. The Morgan fingerprint density at radius 3 is 1.85 bits per heavy atom. The molecule has 2 heteroatoms. The van der Waals surface area contributed by atoms with E-state index < -0.39 is 0 Å². The Labute approximate surface area is 299 Å². The number of allylic oxidation sites excluding steroid dienone is 1. The van der Waals surface area contributed by atoms with E-state index in [0.29, 0.717) is 34.0 Å². The lowest BCUT2D eigenvalue weighted by molar-refractivity contribution is -0.249. The van der Waals surface area contributed by atoms with Gasteiger partial charge in [0.15, 0.2) is 0 Å². The third-order valence-corrected chi connectivity index (χ3v) is 17.2. The number of fused-ring (bicyclic) bond motifs is 7. The molecule has 0 spiro atoms. The van der Waals surface area contributed by atoms with Gasteiger partial charge < -0.3 is 4.74 Å². The molecule has 0 N–H and O–H groups in total. The highest BCUT2D eigenvalue weighted by molar-refractivity contribution is 5.69. The maximum Gasteiger partial charge on any atom is 0.306 e. The van der Waals surface area contributed by atoms with Crippen molar-refractivity contribution in [1.29, 1.82) is 0 Å². The molecule has 0 aromatic rings. The molecular formula is C46H80O2. The number of carbonyl (C=O) groups is 1. The first-order valence-electron chi connectivity index (χ1n) is 21.6. The highest BCUT2D eigenvalue weighted by atomic mass is 16.5. The quantitative estimate of drug-likeness (QED) is 0.0932. The van der Waals surface area contributed by atoms with Crippen LogP contribution in [0.1, 0.15) is 209 Å². The molecule has 0 aliphatic heterocycles. The standard InChI is InChI=1S/C46H80O2/c1-10-11-12-13-14-15-16-17-18-19-20-21-22-23-40(47)48-39-28-30-44(7)37(42(39,4)5)27-31-46(9)38(44)25-24-36-41-35(34(2)3)26-29-43(41,6)32-33-45(36,46)8/h35-39,41H,2,10-33H2,1,3-9H3/t35?,36-,37+,38-,39?,41-,43-,44+,45-,46-/m1/s1. The zero-order valence-electron chi connectivity index (χ0n) is 33.5. The first-order chi connectivity index (χ1) is 22.7. The molecule has 2 unspecified atom stereocenters. The Morgan fingerprint density at radius 1 is 0.646 bits per heavy atom. The van der Waals surface area contributed by atoms with E-state index in [0.717, 1.165) is 36.5 Å². The number of hydrogen-bond acceptors (Lipinski definition) is 2. The third kappa shape index (κ3) is 7.14. The summed E-state index contributed by atoms with van der Waals surface area (Å²) in [6, 6.07) is 0. The average Bonchev–Trinajstić information content (AvgIpc) is 3.39. The van der Waals surface area contributed by atoms with Gasteiger partial charge in [0.2, 0.25) is 0 Å². The second-order valence-electron chi connectivity index (χ2n) is 20.2. The minimum absolute atomic E-state index is 0.0411. The van der Waals surface area contributed by atoms with Crippen molar-refractivity contribution in [2.24, 2.45) is 56.7 Å². The van der Waals surface area contributed by atoms with Crippen LogP contribution in [0, 0.1) is 56.7 Å². The lowest BCUT2D eigenvalue weighted by atomic mass is 9.32. The summed E-state index contributed by atoms with van der Waals surface area (Å²) < 4.78 is 6.42. The van der Waals surface area contributed by atoms with Gasteiger partial charge in [-0.1, -0.05) is 138 Å². The summed E-state index contributed by atoms with van der Waals surface area (Å²) >= 11 is 0. The van der Waals surface area contributed by atoms with Crippen LogP contribution >= 0.6 is 0 Å². The molecule has 5 aliphatic rings. The van der Waals surface area contributed by atoms with Crippen LogP contribution in [-0.4, -0.2) is 12.1 Å². The van der Waals surface area contributed by atoms with Crippen molar-refractivity contribution in [2.75, 3.05) is 0 Å². The van der Waals surface area contributed by atoms with Gasteiger partial charge in [-0.25, -0.2) is 0 Å². The number of carbonyl (C=O) groups excluding carboxylic acids is 1. The van der Waals surface area contributed by atoms with E-state index in [9.17, 15) is 4.79 Å². The van der Waals surface area contributed by atoms with Crippen LogP contribution in [0.5, 0.6) is 0 Å². The molecule has 5 saturated carbocycles. The molecule has 0 radical (unpaired) electrons. The monoisotopic (exact) mass is 665 g/mol. The van der Waals surface area contributed by atoms with Gasteiger partial charge in [0.05, 0.1) is 0 Å². The van der Waals surface area contributed by atoms with Gasteiger partial charge in [0, 0.05) is 11.8 Å². The summed E-state index contributed by atoms with van der Waals surface area (Å²) in [6.45, 7) is 25.0. The van der Waals surface area contributed by atoms with Gasteiger partial charge in [0.25, 0.3) is 0 Å². The second-order valence-corrected chi connectivity index (χ2v) is 20.2. The van der Waals surface area contributed by atoms with E-state index in [2.05, 4.69) is 62.0 Å². The van der Waals surface area contributed by atoms with Crippen molar-refractivity contribution in [1.82, 2.24) is 0 Å². The summed E-state index contributed by atoms with van der Waals surface area (Å²) in [5, 5.41) is 0. The molecule has 0 heterocycles. The molecule has 2 nitrogen and oxygen atoms in total. The topological polar surface area (TPSA) is 26.3 Å². The Hall–Kier alpha value is -0.790. The van der Waals surface area contributed by atoms with Crippen LogP contribution in [0.3, 0.4) is 0 Å². The van der Waals surface area contributed by atoms with Gasteiger partial charge in [-0.05, 0) is 129 Å². The van der Waals surface area contributed by atoms with Crippen molar-refractivity contribution < 1.29 is 9.53 Å². The minimum atomic E-state index is 0.0411. The highest BCUT2D eigenvalue weighted by Gasteiger charge is 2.70. The first kappa shape index (κ1) is 38.4. The molecule has 0 saturated heterocycles. The van der Waals surface area contributed by atoms with E-state index >= 15 is 0 Å². The van der Waals surface area contributed by atoms with E-state index in [4.69, 9.17) is 4.74 Å². The van der Waals surface area contributed by atoms with Crippen molar-refractivity contribution in [3.05, 3.63) is 12.2 Å². The van der Waals surface area contributed by atoms with Crippen LogP contribution in [0.25, 0.3) is 0 Å². The molecule has 48 heavy (non-hydrogen) atoms. The molecule has 10 atom stereocenters. The van der Waals surface area contributed by atoms with Crippen LogP contribution < -0.4 is 0 Å². The molecule has 5 rings (SSSR count). The minimum Gasteiger partial charge on any atom is -0.462 e. The fraction of sp³-hybridized carbons (Fsp3) is 0.935. The Bertz CT molecular complexity index is 1090. The Kier molecular flexibility index (Phi) is 12.4. The predicted octanol–water partition coefficient (Wildman–Crippen LogP) is 14.1. The number of esters is 1. The van der Waals surface area contributed by atoms with Crippen molar-refractivity contribution in [2.45, 2.75) is 216 Å². The average molecular weight is 665 g/mol. The normalized spacial score (nSPS) is 41.5. The summed E-state index contributed by atoms with van der Waals surface area (Å²) in [6.07, 6.45) is 31.4. The SMILES string of the molecule is C=C(C)C1CC[C@]2(C)CC[C@]3(C)[C@H](CC[C@@H]4[C@@]5(C)CCC(OC(=O)CCCCCCCCCCCCCCC)C(C)(C)[C@@H]5CC[C@]43C)[C@@H]12. The van der Waals surface area contributed by atoms with Crippen molar-refractivity contribution in [3.63, 3.8) is 0 Å². The lowest BCUT2D eigenvalue weighted by Crippen LogP contribution is -2.66. The van der Waals surface area contributed by atoms with E-state index in [-0.39, 0.29) is 17.5 Å². The largest absolute Gasteiger partial charge is 0.462 e. The van der Waals surface area contributed by atoms with Crippen molar-refractivity contribution >= 4 is 5.97 Å². The van der Waals surface area contributed by atoms with Gasteiger partial charge >= 0.3 is 5.97 Å². The van der Waals surface area contributed by atoms with Crippen LogP contribution in [0.2, 0.25) is 0 Å². The molecule has 0 amide bonds. The fourth-order valence-corrected chi connectivity index (χ4v) is 14.2. The second kappa shape index (κ2) is 15.4. The summed E-state index contributed by atoms with van der Waals surface area (Å²) in [7, 11) is 0. The van der Waals surface area contributed by atoms with Crippen LogP contribution in [-0.2, 0) is 9.53 Å². The molecule has 276 valence electrons. The fourth-order valence-electron chi connectivity index (χ4n) is 14.2. The Balaban J connectivity index is 1.11. The van der Waals surface area contributed by atoms with Crippen LogP contribution in [0.4, 0.5) is 0 Å². The maximum atomic E-state index is 13.2. The van der Waals surface area contributed by atoms with E-state index in [1.807, 2.05) is 0 Å². The lowest BCUT2D eigenvalue weighted by Gasteiger charge is -2.73. The van der Waals surface area contributed by atoms with Crippen LogP contribution in [0.15, 0.2) is 12.2 Å². The number of rotatable bonds is 16. The van der Waals surface area contributed by atoms with Crippen molar-refractivity contribution in [3.8, 4) is 0 Å².